The molecule has 0 aliphatic carbocycles. The molecule has 126 valence electrons. The summed E-state index contributed by atoms with van der Waals surface area (Å²) in [6.07, 6.45) is 3.36. The Bertz CT molecular complexity index is 726. The number of carbonyl (C=O) groups is 2. The number of rotatable bonds is 4. The van der Waals surface area contributed by atoms with Crippen molar-refractivity contribution in [3.8, 4) is 0 Å². The van der Waals surface area contributed by atoms with E-state index in [1.54, 1.807) is 22.0 Å². The highest BCUT2D eigenvalue weighted by atomic mass is 16.2. The van der Waals surface area contributed by atoms with Crippen LogP contribution < -0.4 is 5.32 Å². The van der Waals surface area contributed by atoms with E-state index < -0.39 is 6.04 Å². The second-order valence-corrected chi connectivity index (χ2v) is 6.20. The van der Waals surface area contributed by atoms with E-state index >= 15 is 0 Å². The highest BCUT2D eigenvalue weighted by molar-refractivity contribution is 5.83. The van der Waals surface area contributed by atoms with Gasteiger partial charge in [-0.25, -0.2) is 0 Å². The molecule has 2 amide bonds. The molecular weight excluding hydrogens is 306 g/mol. The summed E-state index contributed by atoms with van der Waals surface area (Å²) < 4.78 is 1.71. The van der Waals surface area contributed by atoms with Crippen molar-refractivity contribution in [2.75, 3.05) is 6.54 Å². The van der Waals surface area contributed by atoms with Gasteiger partial charge in [-0.3, -0.25) is 19.3 Å². The van der Waals surface area contributed by atoms with Crippen molar-refractivity contribution in [1.29, 1.82) is 0 Å². The van der Waals surface area contributed by atoms with Crippen LogP contribution in [0.2, 0.25) is 0 Å². The molecule has 0 aromatic carbocycles. The van der Waals surface area contributed by atoms with E-state index in [0.29, 0.717) is 19.6 Å². The number of carbonyl (C=O) groups excluding carboxylic acids is 2. The lowest BCUT2D eigenvalue weighted by molar-refractivity contribution is -0.138. The molecule has 1 N–H and O–H groups in total. The van der Waals surface area contributed by atoms with Gasteiger partial charge in [-0.2, -0.15) is 5.10 Å². The van der Waals surface area contributed by atoms with E-state index in [0.717, 1.165) is 11.4 Å². The Hall–Kier alpha value is -2.70. The summed E-state index contributed by atoms with van der Waals surface area (Å²) in [5, 5.41) is 7.14. The van der Waals surface area contributed by atoms with Crippen molar-refractivity contribution in [2.24, 2.45) is 5.92 Å². The number of amides is 2. The summed E-state index contributed by atoms with van der Waals surface area (Å²) in [4.78, 5) is 30.9. The molecule has 0 saturated carbocycles. The lowest BCUT2D eigenvalue weighted by Gasteiger charge is -2.34. The maximum Gasteiger partial charge on any atom is 0.247 e. The maximum absolute atomic E-state index is 12.6. The van der Waals surface area contributed by atoms with Crippen LogP contribution in [0.4, 0.5) is 0 Å². The fourth-order valence-corrected chi connectivity index (χ4v) is 2.82. The Morgan fingerprint density at radius 1 is 1.29 bits per heavy atom. The first-order valence-electron chi connectivity index (χ1n) is 8.05. The zero-order valence-electron chi connectivity index (χ0n) is 13.8. The molecule has 2 aromatic heterocycles. The smallest absolute Gasteiger partial charge is 0.247 e. The predicted octanol–water partition coefficient (Wildman–Crippen LogP) is 1.13. The Morgan fingerprint density at radius 2 is 2.12 bits per heavy atom. The van der Waals surface area contributed by atoms with E-state index in [1.165, 1.54) is 0 Å². The number of pyridine rings is 1. The van der Waals surface area contributed by atoms with Gasteiger partial charge in [0.1, 0.15) is 6.04 Å². The number of nitrogens with zero attached hydrogens (tertiary/aromatic N) is 4. The van der Waals surface area contributed by atoms with E-state index in [-0.39, 0.29) is 17.7 Å². The molecule has 0 radical (unpaired) electrons. The summed E-state index contributed by atoms with van der Waals surface area (Å²) >= 11 is 0. The summed E-state index contributed by atoms with van der Waals surface area (Å²) in [5.41, 5.74) is 1.66. The quantitative estimate of drug-likeness (QED) is 0.913. The Labute approximate surface area is 140 Å². The van der Waals surface area contributed by atoms with Crippen LogP contribution >= 0.6 is 0 Å². The van der Waals surface area contributed by atoms with Crippen molar-refractivity contribution in [2.45, 2.75) is 33.0 Å². The van der Waals surface area contributed by atoms with Gasteiger partial charge in [-0.05, 0) is 18.2 Å². The van der Waals surface area contributed by atoms with Gasteiger partial charge in [-0.15, -0.1) is 0 Å². The van der Waals surface area contributed by atoms with Crippen LogP contribution in [0.3, 0.4) is 0 Å². The van der Waals surface area contributed by atoms with Crippen LogP contribution in [0.25, 0.3) is 0 Å². The molecule has 0 saturated heterocycles. The van der Waals surface area contributed by atoms with E-state index in [2.05, 4.69) is 15.4 Å². The van der Waals surface area contributed by atoms with Gasteiger partial charge >= 0.3 is 0 Å². The Morgan fingerprint density at radius 3 is 2.83 bits per heavy atom. The summed E-state index contributed by atoms with van der Waals surface area (Å²) in [7, 11) is 0. The van der Waals surface area contributed by atoms with E-state index in [4.69, 9.17) is 0 Å². The molecule has 7 nitrogen and oxygen atoms in total. The van der Waals surface area contributed by atoms with Crippen LogP contribution in [0.15, 0.2) is 36.7 Å². The largest absolute Gasteiger partial charge is 0.349 e. The first-order chi connectivity index (χ1) is 11.6. The van der Waals surface area contributed by atoms with Crippen molar-refractivity contribution in [1.82, 2.24) is 25.0 Å². The molecule has 1 atom stereocenters. The molecule has 1 aliphatic rings. The summed E-state index contributed by atoms with van der Waals surface area (Å²) in [5.74, 6) is -0.214. The average molecular weight is 327 g/mol. The number of fused-ring (bicyclic) bond motifs is 1. The number of aromatic nitrogens is 3. The molecule has 1 aliphatic heterocycles. The fourth-order valence-electron chi connectivity index (χ4n) is 2.82. The fraction of sp³-hybridized carbons (Fsp3) is 0.412. The lowest BCUT2D eigenvalue weighted by atomic mass is 10.1. The monoisotopic (exact) mass is 327 g/mol. The lowest BCUT2D eigenvalue weighted by Crippen LogP contribution is -2.48. The third-order valence-corrected chi connectivity index (χ3v) is 4.07. The van der Waals surface area contributed by atoms with Gasteiger partial charge in [-0.1, -0.05) is 19.9 Å². The topological polar surface area (TPSA) is 80.1 Å². The zero-order valence-corrected chi connectivity index (χ0v) is 13.8. The minimum atomic E-state index is -0.518. The molecule has 0 fully saturated rings. The maximum atomic E-state index is 12.6. The first-order valence-corrected chi connectivity index (χ1v) is 8.05. The van der Waals surface area contributed by atoms with Crippen molar-refractivity contribution >= 4 is 11.8 Å². The average Bonchev–Trinajstić information content (AvgIpc) is 3.07. The minimum absolute atomic E-state index is 0.0463. The van der Waals surface area contributed by atoms with Gasteiger partial charge in [0.2, 0.25) is 11.8 Å². The highest BCUT2D eigenvalue weighted by Crippen LogP contribution is 2.22. The van der Waals surface area contributed by atoms with Crippen molar-refractivity contribution in [3.63, 3.8) is 0 Å². The van der Waals surface area contributed by atoms with Crippen molar-refractivity contribution in [3.05, 3.63) is 48.0 Å². The Kier molecular flexibility index (Phi) is 4.59. The van der Waals surface area contributed by atoms with Crippen molar-refractivity contribution < 1.29 is 9.59 Å². The predicted molar refractivity (Wildman–Crippen MR) is 87.6 cm³/mol. The highest BCUT2D eigenvalue weighted by Gasteiger charge is 2.33. The van der Waals surface area contributed by atoms with Crippen LogP contribution in [0.5, 0.6) is 0 Å². The second-order valence-electron chi connectivity index (χ2n) is 6.20. The SMILES string of the molecule is CC(C)C(=O)N1Cc2ccnn2[C@H](C(=O)NCc2ccccn2)C1. The molecule has 24 heavy (non-hydrogen) atoms. The number of nitrogens with one attached hydrogen (secondary N) is 1. The molecule has 0 bridgehead atoms. The normalized spacial score (nSPS) is 16.8. The first kappa shape index (κ1) is 16.2. The standard InChI is InChI=1S/C17H21N5O2/c1-12(2)17(24)21-10-14-6-8-20-22(14)15(11-21)16(23)19-9-13-5-3-4-7-18-13/h3-8,12,15H,9-11H2,1-2H3,(H,19,23)/t15-/m0/s1. The molecule has 0 spiro atoms. The summed E-state index contributed by atoms with van der Waals surface area (Å²) in [6, 6.07) is 6.89. The van der Waals surface area contributed by atoms with Gasteiger partial charge in [0.05, 0.1) is 31.0 Å². The third-order valence-electron chi connectivity index (χ3n) is 4.07. The molecule has 3 rings (SSSR count). The third kappa shape index (κ3) is 3.29. The Balaban J connectivity index is 1.73. The molecule has 2 aromatic rings. The van der Waals surface area contributed by atoms with Gasteiger partial charge in [0, 0.05) is 18.3 Å². The van der Waals surface area contributed by atoms with Gasteiger partial charge < -0.3 is 10.2 Å². The van der Waals surface area contributed by atoms with Gasteiger partial charge in [0.25, 0.3) is 0 Å². The van der Waals surface area contributed by atoms with E-state index in [1.807, 2.05) is 38.1 Å². The van der Waals surface area contributed by atoms with Crippen LogP contribution in [-0.4, -0.2) is 38.0 Å². The zero-order chi connectivity index (χ0) is 17.1. The molecule has 0 unspecified atom stereocenters. The molecular formula is C17H21N5O2. The minimum Gasteiger partial charge on any atom is -0.349 e. The number of hydrogen-bond donors (Lipinski definition) is 1. The molecule has 7 heteroatoms. The van der Waals surface area contributed by atoms with E-state index in [9.17, 15) is 9.59 Å². The van der Waals surface area contributed by atoms with Crippen LogP contribution in [0.1, 0.15) is 31.3 Å². The second kappa shape index (κ2) is 6.82. The van der Waals surface area contributed by atoms with Crippen LogP contribution in [0, 0.1) is 5.92 Å². The molecule has 3 heterocycles. The number of hydrogen-bond acceptors (Lipinski definition) is 4. The summed E-state index contributed by atoms with van der Waals surface area (Å²) in [6.45, 7) is 4.90. The van der Waals surface area contributed by atoms with Crippen LogP contribution in [-0.2, 0) is 22.7 Å². The van der Waals surface area contributed by atoms with Gasteiger partial charge in [0.15, 0.2) is 0 Å².